The lowest BCUT2D eigenvalue weighted by Crippen LogP contribution is -2.48. The highest BCUT2D eigenvalue weighted by molar-refractivity contribution is 9.10. The number of amides is 1. The molecule has 0 aliphatic carbocycles. The average molecular weight is 298 g/mol. The molecule has 1 amide bonds. The van der Waals surface area contributed by atoms with E-state index in [1.54, 1.807) is 4.90 Å². The molecule has 0 spiro atoms. The molecule has 1 aromatic rings. The Morgan fingerprint density at radius 3 is 2.82 bits per heavy atom. The topological polar surface area (TPSA) is 49.6 Å². The van der Waals surface area contributed by atoms with Crippen molar-refractivity contribution in [2.45, 2.75) is 13.0 Å². The van der Waals surface area contributed by atoms with Gasteiger partial charge in [-0.2, -0.15) is 0 Å². The number of fused-ring (bicyclic) bond motifs is 1. The molecule has 5 heteroatoms. The molecule has 4 nitrogen and oxygen atoms in total. The largest absolute Gasteiger partial charge is 0.364 e. The first-order chi connectivity index (χ1) is 7.99. The van der Waals surface area contributed by atoms with E-state index in [9.17, 15) is 4.79 Å². The summed E-state index contributed by atoms with van der Waals surface area (Å²) in [6.07, 6.45) is 0. The van der Waals surface area contributed by atoms with Gasteiger partial charge in [0.2, 0.25) is 5.91 Å². The number of nitrogens with two attached hydrogens (primary N) is 1. The summed E-state index contributed by atoms with van der Waals surface area (Å²) in [5, 5.41) is 0. The number of likely N-dealkylation sites (N-methyl/N-ethyl adjacent to an activating group) is 1. The molecular formula is C12H16BrN3O. The van der Waals surface area contributed by atoms with Gasteiger partial charge < -0.3 is 15.5 Å². The van der Waals surface area contributed by atoms with Crippen LogP contribution in [-0.2, 0) is 4.79 Å². The van der Waals surface area contributed by atoms with Gasteiger partial charge in [-0.25, -0.2) is 0 Å². The number of hydrogen-bond donors (Lipinski definition) is 1. The highest BCUT2D eigenvalue weighted by Crippen LogP contribution is 2.34. The minimum atomic E-state index is -0.0288. The zero-order valence-corrected chi connectivity index (χ0v) is 11.6. The molecule has 1 atom stereocenters. The van der Waals surface area contributed by atoms with Crippen LogP contribution in [0.2, 0.25) is 0 Å². The predicted molar refractivity (Wildman–Crippen MR) is 73.4 cm³/mol. The van der Waals surface area contributed by atoms with Crippen molar-refractivity contribution in [3.05, 3.63) is 22.7 Å². The second-order valence-electron chi connectivity index (χ2n) is 4.47. The van der Waals surface area contributed by atoms with Crippen LogP contribution in [0, 0.1) is 0 Å². The summed E-state index contributed by atoms with van der Waals surface area (Å²) in [5.74, 6) is 0.0969. The Labute approximate surface area is 110 Å². The first-order valence-electron chi connectivity index (χ1n) is 5.55. The lowest BCUT2D eigenvalue weighted by atomic mass is 10.1. The molecule has 0 saturated carbocycles. The van der Waals surface area contributed by atoms with Crippen LogP contribution in [0.25, 0.3) is 0 Å². The molecule has 2 N–H and O–H groups in total. The number of halogens is 1. The van der Waals surface area contributed by atoms with Crippen molar-refractivity contribution in [3.63, 3.8) is 0 Å². The lowest BCUT2D eigenvalue weighted by Gasteiger charge is -2.36. The summed E-state index contributed by atoms with van der Waals surface area (Å²) in [4.78, 5) is 15.7. The maximum atomic E-state index is 12.0. The minimum absolute atomic E-state index is 0.0288. The van der Waals surface area contributed by atoms with E-state index in [1.165, 1.54) is 0 Å². The molecular weight excluding hydrogens is 282 g/mol. The molecule has 0 saturated heterocycles. The van der Waals surface area contributed by atoms with Gasteiger partial charge in [-0.1, -0.05) is 15.9 Å². The van der Waals surface area contributed by atoms with Gasteiger partial charge in [-0.3, -0.25) is 4.79 Å². The molecule has 0 fully saturated rings. The monoisotopic (exact) mass is 297 g/mol. The number of anilines is 2. The van der Waals surface area contributed by atoms with E-state index >= 15 is 0 Å². The molecule has 17 heavy (non-hydrogen) atoms. The fraction of sp³-hybridized carbons (Fsp3) is 0.417. The molecule has 0 bridgehead atoms. The van der Waals surface area contributed by atoms with E-state index in [0.29, 0.717) is 13.1 Å². The van der Waals surface area contributed by atoms with Gasteiger partial charge >= 0.3 is 0 Å². The Kier molecular flexibility index (Phi) is 3.40. The van der Waals surface area contributed by atoms with Crippen LogP contribution in [0.4, 0.5) is 11.4 Å². The molecule has 1 unspecified atom stereocenters. The van der Waals surface area contributed by atoms with Crippen LogP contribution in [-0.4, -0.2) is 32.1 Å². The van der Waals surface area contributed by atoms with Crippen LogP contribution in [0.1, 0.15) is 6.92 Å². The average Bonchev–Trinajstić information content (AvgIpc) is 2.24. The standard InChI is InChI=1S/C12H16BrN3O/c1-8(14)6-16-10-4-3-9(13)5-11(10)15(2)7-12(16)17/h3-5,8H,6-7,14H2,1-2H3. The number of rotatable bonds is 2. The number of nitrogens with zero attached hydrogens (tertiary/aromatic N) is 2. The summed E-state index contributed by atoms with van der Waals surface area (Å²) in [5.41, 5.74) is 7.78. The second kappa shape index (κ2) is 4.66. The van der Waals surface area contributed by atoms with E-state index in [2.05, 4.69) is 15.9 Å². The summed E-state index contributed by atoms with van der Waals surface area (Å²) in [6.45, 7) is 2.86. The highest BCUT2D eigenvalue weighted by atomic mass is 79.9. The van der Waals surface area contributed by atoms with E-state index in [4.69, 9.17) is 5.73 Å². The van der Waals surface area contributed by atoms with Crippen molar-refractivity contribution < 1.29 is 4.79 Å². The van der Waals surface area contributed by atoms with Crippen molar-refractivity contribution in [1.82, 2.24) is 0 Å². The molecule has 0 radical (unpaired) electrons. The van der Waals surface area contributed by atoms with Gasteiger partial charge in [0.1, 0.15) is 0 Å². The summed E-state index contributed by atoms with van der Waals surface area (Å²) >= 11 is 3.45. The third-order valence-corrected chi connectivity index (χ3v) is 3.28. The lowest BCUT2D eigenvalue weighted by molar-refractivity contribution is -0.117. The third kappa shape index (κ3) is 2.45. The molecule has 1 aliphatic rings. The van der Waals surface area contributed by atoms with E-state index < -0.39 is 0 Å². The van der Waals surface area contributed by atoms with Gasteiger partial charge in [-0.15, -0.1) is 0 Å². The zero-order valence-electron chi connectivity index (χ0n) is 9.98. The Morgan fingerprint density at radius 1 is 1.47 bits per heavy atom. The zero-order chi connectivity index (χ0) is 12.6. The third-order valence-electron chi connectivity index (χ3n) is 2.78. The van der Waals surface area contributed by atoms with Crippen molar-refractivity contribution >= 4 is 33.2 Å². The van der Waals surface area contributed by atoms with E-state index in [1.807, 2.05) is 37.1 Å². The first-order valence-corrected chi connectivity index (χ1v) is 6.35. The van der Waals surface area contributed by atoms with Gasteiger partial charge in [-0.05, 0) is 25.1 Å². The SMILES string of the molecule is CC(N)CN1C(=O)CN(C)c2cc(Br)ccc21. The quantitative estimate of drug-likeness (QED) is 0.902. The molecule has 92 valence electrons. The Morgan fingerprint density at radius 2 is 2.18 bits per heavy atom. The number of benzene rings is 1. The maximum absolute atomic E-state index is 12.0. The Hall–Kier alpha value is -1.07. The molecule has 1 heterocycles. The van der Waals surface area contributed by atoms with Crippen molar-refractivity contribution in [1.29, 1.82) is 0 Å². The van der Waals surface area contributed by atoms with Crippen LogP contribution >= 0.6 is 15.9 Å². The van der Waals surface area contributed by atoms with Crippen molar-refractivity contribution in [3.8, 4) is 0 Å². The fourth-order valence-corrected chi connectivity index (χ4v) is 2.38. The second-order valence-corrected chi connectivity index (χ2v) is 5.39. The summed E-state index contributed by atoms with van der Waals surface area (Å²) < 4.78 is 1.01. The Balaban J connectivity index is 2.43. The molecule has 1 aliphatic heterocycles. The van der Waals surface area contributed by atoms with Crippen LogP contribution in [0.15, 0.2) is 22.7 Å². The minimum Gasteiger partial charge on any atom is -0.364 e. The predicted octanol–water partition coefficient (Wildman–Crippen LogP) is 1.58. The smallest absolute Gasteiger partial charge is 0.246 e. The normalized spacial score (nSPS) is 17.1. The van der Waals surface area contributed by atoms with Gasteiger partial charge in [0.25, 0.3) is 0 Å². The van der Waals surface area contributed by atoms with Crippen LogP contribution in [0.5, 0.6) is 0 Å². The number of carbonyl (C=O) groups is 1. The fourth-order valence-electron chi connectivity index (χ4n) is 2.03. The van der Waals surface area contributed by atoms with Crippen molar-refractivity contribution in [2.75, 3.05) is 29.9 Å². The van der Waals surface area contributed by atoms with Gasteiger partial charge in [0, 0.05) is 24.1 Å². The van der Waals surface area contributed by atoms with Crippen LogP contribution in [0.3, 0.4) is 0 Å². The summed E-state index contributed by atoms with van der Waals surface area (Å²) in [6, 6.07) is 5.89. The summed E-state index contributed by atoms with van der Waals surface area (Å²) in [7, 11) is 1.92. The highest BCUT2D eigenvalue weighted by Gasteiger charge is 2.27. The van der Waals surface area contributed by atoms with Gasteiger partial charge in [0.05, 0.1) is 17.9 Å². The molecule has 1 aromatic carbocycles. The number of carbonyl (C=O) groups excluding carboxylic acids is 1. The number of hydrogen-bond acceptors (Lipinski definition) is 3. The van der Waals surface area contributed by atoms with Crippen molar-refractivity contribution in [2.24, 2.45) is 5.73 Å². The molecule has 0 aromatic heterocycles. The maximum Gasteiger partial charge on any atom is 0.246 e. The molecule has 2 rings (SSSR count). The Bertz CT molecular complexity index is 447. The van der Waals surface area contributed by atoms with Gasteiger partial charge in [0.15, 0.2) is 0 Å². The van der Waals surface area contributed by atoms with Crippen LogP contribution < -0.4 is 15.5 Å². The van der Waals surface area contributed by atoms with E-state index in [0.717, 1.165) is 15.8 Å². The first kappa shape index (κ1) is 12.4. The van der Waals surface area contributed by atoms with E-state index in [-0.39, 0.29) is 11.9 Å².